The van der Waals surface area contributed by atoms with E-state index in [2.05, 4.69) is 0 Å². The summed E-state index contributed by atoms with van der Waals surface area (Å²) in [5.41, 5.74) is 0.632. The van der Waals surface area contributed by atoms with Gasteiger partial charge in [0.05, 0.1) is 16.7 Å². The third-order valence-electron chi connectivity index (χ3n) is 5.40. The molecule has 40 heavy (non-hydrogen) atoms. The van der Waals surface area contributed by atoms with Crippen LogP contribution in [0, 0.1) is 0 Å². The maximum atomic E-state index is 13.0. The third-order valence-corrected chi connectivity index (χ3v) is 5.40. The molecule has 0 aliphatic heterocycles. The molecule has 10 heteroatoms. The normalized spacial score (nSPS) is 12.7. The minimum absolute atomic E-state index is 0.169. The predicted octanol–water partition coefficient (Wildman–Crippen LogP) is 3.79. The average Bonchev–Trinajstić information content (AvgIpc) is 2.97. The molecule has 10 nitrogen and oxygen atoms in total. The molecular weight excluding hydrogens is 520 g/mol. The number of carbonyl (C=O) groups excluding carboxylic acids is 5. The highest BCUT2D eigenvalue weighted by atomic mass is 16.6. The maximum Gasteiger partial charge on any atom is 0.338 e. The SMILES string of the molecule is CC(=O)OC(COC(=O)c1ccccc1)C(OC(C)=O)C(COC(=O)c1ccccc1)OC(=O)c1ccccc1. The quantitative estimate of drug-likeness (QED) is 0.243. The van der Waals surface area contributed by atoms with E-state index >= 15 is 0 Å². The van der Waals surface area contributed by atoms with E-state index in [9.17, 15) is 24.0 Å². The standard InChI is InChI=1S/C30H28O10/c1-20(31)38-25(18-36-28(33)22-12-6-3-7-13-22)27(39-21(2)32)26(40-30(35)24-16-10-5-11-17-24)19-37-29(34)23-14-8-4-9-15-23/h3-17,25-27H,18-19H2,1-2H3. The van der Waals surface area contributed by atoms with E-state index in [1.807, 2.05) is 0 Å². The second kappa shape index (κ2) is 14.8. The van der Waals surface area contributed by atoms with Crippen LogP contribution < -0.4 is 0 Å². The van der Waals surface area contributed by atoms with Crippen molar-refractivity contribution in [3.63, 3.8) is 0 Å². The van der Waals surface area contributed by atoms with Gasteiger partial charge in [0.2, 0.25) is 0 Å². The van der Waals surface area contributed by atoms with Crippen LogP contribution in [0.25, 0.3) is 0 Å². The minimum Gasteiger partial charge on any atom is -0.458 e. The van der Waals surface area contributed by atoms with Crippen LogP contribution in [0.4, 0.5) is 0 Å². The van der Waals surface area contributed by atoms with Crippen LogP contribution in [-0.2, 0) is 33.3 Å². The number of benzene rings is 3. The summed E-state index contributed by atoms with van der Waals surface area (Å²) >= 11 is 0. The van der Waals surface area contributed by atoms with Gasteiger partial charge < -0.3 is 23.7 Å². The summed E-state index contributed by atoms with van der Waals surface area (Å²) in [6.07, 6.45) is -4.39. The summed E-state index contributed by atoms with van der Waals surface area (Å²) in [5.74, 6) is -3.88. The van der Waals surface area contributed by atoms with Gasteiger partial charge in [0.25, 0.3) is 0 Å². The van der Waals surface area contributed by atoms with Gasteiger partial charge in [-0.25, -0.2) is 14.4 Å². The largest absolute Gasteiger partial charge is 0.458 e. The van der Waals surface area contributed by atoms with Gasteiger partial charge in [0.15, 0.2) is 18.3 Å². The van der Waals surface area contributed by atoms with E-state index < -0.39 is 61.4 Å². The molecule has 0 amide bonds. The molecule has 0 aromatic heterocycles. The van der Waals surface area contributed by atoms with E-state index in [-0.39, 0.29) is 16.7 Å². The summed E-state index contributed by atoms with van der Waals surface area (Å²) < 4.78 is 27.1. The minimum atomic E-state index is -1.51. The van der Waals surface area contributed by atoms with Gasteiger partial charge in [-0.1, -0.05) is 54.6 Å². The van der Waals surface area contributed by atoms with Crippen molar-refractivity contribution in [2.75, 3.05) is 13.2 Å². The molecule has 0 saturated heterocycles. The zero-order valence-electron chi connectivity index (χ0n) is 21.9. The molecule has 0 heterocycles. The first kappa shape index (κ1) is 29.6. The van der Waals surface area contributed by atoms with Crippen molar-refractivity contribution in [2.45, 2.75) is 32.2 Å². The number of hydrogen-bond donors (Lipinski definition) is 0. The van der Waals surface area contributed by atoms with E-state index in [0.717, 1.165) is 13.8 Å². The first-order valence-corrected chi connectivity index (χ1v) is 12.3. The van der Waals surface area contributed by atoms with Gasteiger partial charge in [-0.15, -0.1) is 0 Å². The summed E-state index contributed by atoms with van der Waals surface area (Å²) in [4.78, 5) is 62.2. The Balaban J connectivity index is 1.89. The van der Waals surface area contributed by atoms with E-state index in [1.165, 1.54) is 36.4 Å². The number of hydrogen-bond acceptors (Lipinski definition) is 10. The van der Waals surface area contributed by atoms with E-state index in [0.29, 0.717) is 0 Å². The molecule has 3 aromatic carbocycles. The molecule has 0 aliphatic rings. The average molecular weight is 549 g/mol. The third kappa shape index (κ3) is 9.09. The van der Waals surface area contributed by atoms with E-state index in [1.54, 1.807) is 54.6 Å². The molecular formula is C30H28O10. The van der Waals surface area contributed by atoms with Gasteiger partial charge in [0, 0.05) is 13.8 Å². The lowest BCUT2D eigenvalue weighted by Crippen LogP contribution is -2.49. The lowest BCUT2D eigenvalue weighted by Gasteiger charge is -2.31. The van der Waals surface area contributed by atoms with Gasteiger partial charge in [-0.05, 0) is 36.4 Å². The summed E-state index contributed by atoms with van der Waals surface area (Å²) in [7, 11) is 0. The molecule has 0 bridgehead atoms. The summed E-state index contributed by atoms with van der Waals surface area (Å²) in [6.45, 7) is 1.07. The number of carbonyl (C=O) groups is 5. The molecule has 3 atom stereocenters. The van der Waals surface area contributed by atoms with Crippen LogP contribution in [0.3, 0.4) is 0 Å². The Morgan fingerprint density at radius 3 is 1.23 bits per heavy atom. The number of ether oxygens (including phenoxy) is 5. The zero-order valence-corrected chi connectivity index (χ0v) is 21.9. The number of rotatable bonds is 12. The molecule has 0 saturated carbocycles. The van der Waals surface area contributed by atoms with Crippen molar-refractivity contribution >= 4 is 29.8 Å². The lowest BCUT2D eigenvalue weighted by molar-refractivity contribution is -0.181. The Kier molecular flexibility index (Phi) is 11.0. The highest BCUT2D eigenvalue weighted by Crippen LogP contribution is 2.18. The van der Waals surface area contributed by atoms with Crippen molar-refractivity contribution in [1.82, 2.24) is 0 Å². The van der Waals surface area contributed by atoms with Crippen LogP contribution in [0.1, 0.15) is 44.9 Å². The van der Waals surface area contributed by atoms with Crippen LogP contribution >= 0.6 is 0 Å². The lowest BCUT2D eigenvalue weighted by atomic mass is 10.1. The van der Waals surface area contributed by atoms with Crippen molar-refractivity contribution in [3.05, 3.63) is 108 Å². The fraction of sp³-hybridized carbons (Fsp3) is 0.233. The Labute approximate surface area is 230 Å². The van der Waals surface area contributed by atoms with Crippen molar-refractivity contribution in [1.29, 1.82) is 0 Å². The highest BCUT2D eigenvalue weighted by Gasteiger charge is 2.39. The van der Waals surface area contributed by atoms with Crippen LogP contribution in [0.2, 0.25) is 0 Å². The summed E-state index contributed by atoms with van der Waals surface area (Å²) in [5, 5.41) is 0. The van der Waals surface area contributed by atoms with Crippen LogP contribution in [-0.4, -0.2) is 61.4 Å². The van der Waals surface area contributed by atoms with Gasteiger partial charge in [-0.2, -0.15) is 0 Å². The van der Waals surface area contributed by atoms with Gasteiger partial charge in [0.1, 0.15) is 13.2 Å². The second-order valence-corrected chi connectivity index (χ2v) is 8.46. The predicted molar refractivity (Wildman–Crippen MR) is 140 cm³/mol. The van der Waals surface area contributed by atoms with Gasteiger partial charge >= 0.3 is 29.8 Å². The maximum absolute atomic E-state index is 13.0. The second-order valence-electron chi connectivity index (χ2n) is 8.46. The van der Waals surface area contributed by atoms with Crippen molar-refractivity contribution in [2.24, 2.45) is 0 Å². The Morgan fingerprint density at radius 2 is 0.850 bits per heavy atom. The topological polar surface area (TPSA) is 132 Å². The molecule has 3 unspecified atom stereocenters. The Morgan fingerprint density at radius 1 is 0.500 bits per heavy atom. The molecule has 208 valence electrons. The first-order valence-electron chi connectivity index (χ1n) is 12.3. The Bertz CT molecular complexity index is 1290. The fourth-order valence-electron chi connectivity index (χ4n) is 3.60. The van der Waals surface area contributed by atoms with Crippen LogP contribution in [0.15, 0.2) is 91.0 Å². The molecule has 0 fully saturated rings. The zero-order chi connectivity index (χ0) is 28.9. The Hall–Kier alpha value is -4.99. The summed E-state index contributed by atoms with van der Waals surface area (Å²) in [6, 6.07) is 24.1. The fourth-order valence-corrected chi connectivity index (χ4v) is 3.60. The molecule has 0 aliphatic carbocycles. The smallest absolute Gasteiger partial charge is 0.338 e. The van der Waals surface area contributed by atoms with E-state index in [4.69, 9.17) is 23.7 Å². The first-order chi connectivity index (χ1) is 19.2. The highest BCUT2D eigenvalue weighted by molar-refractivity contribution is 5.90. The molecule has 0 radical (unpaired) electrons. The molecule has 0 N–H and O–H groups in total. The van der Waals surface area contributed by atoms with Crippen LogP contribution in [0.5, 0.6) is 0 Å². The van der Waals surface area contributed by atoms with Gasteiger partial charge in [-0.3, -0.25) is 9.59 Å². The molecule has 0 spiro atoms. The number of esters is 5. The van der Waals surface area contributed by atoms with Crippen molar-refractivity contribution < 1.29 is 47.7 Å². The monoisotopic (exact) mass is 548 g/mol. The molecule has 3 rings (SSSR count). The van der Waals surface area contributed by atoms with Crippen molar-refractivity contribution in [3.8, 4) is 0 Å². The molecule has 3 aromatic rings.